The molecule has 8 heteroatoms. The minimum atomic E-state index is -4.36. The Morgan fingerprint density at radius 1 is 1.38 bits per heavy atom. The summed E-state index contributed by atoms with van der Waals surface area (Å²) in [6, 6.07) is 2.56. The van der Waals surface area contributed by atoms with Gasteiger partial charge in [0.1, 0.15) is 17.6 Å². The molecule has 21 heavy (non-hydrogen) atoms. The summed E-state index contributed by atoms with van der Waals surface area (Å²) >= 11 is 0. The number of nitrogens with one attached hydrogen (secondary N) is 1. The lowest BCUT2D eigenvalue weighted by molar-refractivity contribution is -0.141. The fraction of sp³-hybridized carbons (Fsp3) is 0.462. The lowest BCUT2D eigenvalue weighted by Gasteiger charge is -2.17. The van der Waals surface area contributed by atoms with Crippen LogP contribution in [0.5, 0.6) is 5.75 Å². The van der Waals surface area contributed by atoms with Gasteiger partial charge in [0.05, 0.1) is 25.8 Å². The van der Waals surface area contributed by atoms with Crippen LogP contribution in [0.25, 0.3) is 0 Å². The normalized spacial score (nSPS) is 12.7. The van der Waals surface area contributed by atoms with E-state index in [-0.39, 0.29) is 11.4 Å². The smallest absolute Gasteiger partial charge is 0.392 e. The number of esters is 1. The Bertz CT molecular complexity index is 491. The molecule has 1 atom stereocenters. The minimum Gasteiger partial charge on any atom is -0.491 e. The largest absolute Gasteiger partial charge is 0.491 e. The monoisotopic (exact) mass is 309 g/mol. The van der Waals surface area contributed by atoms with Gasteiger partial charge in [-0.3, -0.25) is 0 Å². The molecule has 1 unspecified atom stereocenters. The quantitative estimate of drug-likeness (QED) is 0.648. The molecule has 0 amide bonds. The Kier molecular flexibility index (Phi) is 5.80. The second-order valence-electron chi connectivity index (χ2n) is 4.24. The molecule has 0 radical (unpaired) electrons. The molecule has 0 saturated carbocycles. The highest BCUT2D eigenvalue weighted by Crippen LogP contribution is 2.27. The van der Waals surface area contributed by atoms with Gasteiger partial charge in [-0.2, -0.15) is 13.2 Å². The Hall–Kier alpha value is -1.99. The zero-order chi connectivity index (χ0) is 16.0. The van der Waals surface area contributed by atoms with Crippen molar-refractivity contribution in [1.29, 1.82) is 0 Å². The van der Waals surface area contributed by atoms with E-state index >= 15 is 0 Å². The first-order chi connectivity index (χ1) is 9.73. The predicted octanol–water partition coefficient (Wildman–Crippen LogP) is 3.13. The van der Waals surface area contributed by atoms with E-state index in [1.165, 1.54) is 20.1 Å². The molecule has 1 rings (SSSR count). The molecule has 1 aromatic carbocycles. The molecule has 0 saturated heterocycles. The van der Waals surface area contributed by atoms with Crippen molar-refractivity contribution >= 4 is 11.7 Å². The van der Waals surface area contributed by atoms with Crippen LogP contribution in [0.2, 0.25) is 0 Å². The first-order valence-corrected chi connectivity index (χ1v) is 6.06. The van der Waals surface area contributed by atoms with Gasteiger partial charge in [-0.1, -0.05) is 0 Å². The lowest BCUT2D eigenvalue weighted by atomic mass is 10.2. The molecular weight excluding hydrogens is 294 g/mol. The number of alkyl halides is 3. The summed E-state index contributed by atoms with van der Waals surface area (Å²) in [6.07, 6.45) is -5.52. The van der Waals surface area contributed by atoms with Crippen LogP contribution < -0.4 is 10.1 Å². The maximum atomic E-state index is 13.1. The zero-order valence-electron chi connectivity index (χ0n) is 11.5. The number of hydrogen-bond donors (Lipinski definition) is 1. The summed E-state index contributed by atoms with van der Waals surface area (Å²) in [6.45, 7) is 0.850. The second kappa shape index (κ2) is 7.14. The van der Waals surface area contributed by atoms with Gasteiger partial charge in [0.15, 0.2) is 0 Å². The first-order valence-electron chi connectivity index (χ1n) is 6.06. The van der Waals surface area contributed by atoms with E-state index in [1.807, 2.05) is 0 Å². The van der Waals surface area contributed by atoms with E-state index in [0.717, 1.165) is 12.1 Å². The third kappa shape index (κ3) is 5.88. The number of halogens is 4. The zero-order valence-corrected chi connectivity index (χ0v) is 11.5. The minimum absolute atomic E-state index is 0.102. The molecule has 118 valence electrons. The molecule has 4 nitrogen and oxygen atoms in total. The topological polar surface area (TPSA) is 47.6 Å². The van der Waals surface area contributed by atoms with Gasteiger partial charge in [-0.25, -0.2) is 9.18 Å². The van der Waals surface area contributed by atoms with Gasteiger partial charge in [0.25, 0.3) is 0 Å². The standard InChI is InChI=1S/C13H15F4NO3/c1-8(12(19)20-2)18-10-4-3-9(14)7-11(10)21-6-5-13(15,16)17/h3-4,7-8,18H,5-6H2,1-2H3. The Morgan fingerprint density at radius 2 is 2.05 bits per heavy atom. The van der Waals surface area contributed by atoms with Crippen molar-refractivity contribution in [2.45, 2.75) is 25.6 Å². The molecule has 0 aliphatic heterocycles. The van der Waals surface area contributed by atoms with E-state index < -0.39 is 37.0 Å². The number of benzene rings is 1. The number of rotatable bonds is 6. The summed E-state index contributed by atoms with van der Waals surface area (Å²) < 4.78 is 58.8. The SMILES string of the molecule is COC(=O)C(C)Nc1ccc(F)cc1OCCC(F)(F)F. The van der Waals surface area contributed by atoms with Crippen LogP contribution in [-0.4, -0.2) is 31.9 Å². The fourth-order valence-corrected chi connectivity index (χ4v) is 1.48. The van der Waals surface area contributed by atoms with E-state index in [2.05, 4.69) is 10.1 Å². The van der Waals surface area contributed by atoms with Crippen LogP contribution in [0.1, 0.15) is 13.3 Å². The summed E-state index contributed by atoms with van der Waals surface area (Å²) in [5.74, 6) is -1.33. The average Bonchev–Trinajstić information content (AvgIpc) is 2.39. The number of anilines is 1. The molecule has 1 aromatic rings. The van der Waals surface area contributed by atoms with Crippen LogP contribution in [0.15, 0.2) is 18.2 Å². The highest BCUT2D eigenvalue weighted by atomic mass is 19.4. The summed E-state index contributed by atoms with van der Waals surface area (Å²) in [4.78, 5) is 11.3. The van der Waals surface area contributed by atoms with E-state index in [1.54, 1.807) is 0 Å². The number of hydrogen-bond acceptors (Lipinski definition) is 4. The third-order valence-electron chi connectivity index (χ3n) is 2.51. The molecule has 0 bridgehead atoms. The summed E-state index contributed by atoms with van der Waals surface area (Å²) in [5.41, 5.74) is 0.205. The van der Waals surface area contributed by atoms with Crippen LogP contribution >= 0.6 is 0 Å². The van der Waals surface area contributed by atoms with Crippen LogP contribution in [0.4, 0.5) is 23.2 Å². The lowest BCUT2D eigenvalue weighted by Crippen LogP contribution is -2.27. The Labute approximate surface area is 119 Å². The molecule has 0 fully saturated rings. The maximum absolute atomic E-state index is 13.1. The van der Waals surface area contributed by atoms with Crippen molar-refractivity contribution in [3.05, 3.63) is 24.0 Å². The summed E-state index contributed by atoms with van der Waals surface area (Å²) in [7, 11) is 1.20. The first kappa shape index (κ1) is 17.1. The highest BCUT2D eigenvalue weighted by molar-refractivity contribution is 5.79. The van der Waals surface area contributed by atoms with E-state index in [9.17, 15) is 22.4 Å². The number of methoxy groups -OCH3 is 1. The Morgan fingerprint density at radius 3 is 2.62 bits per heavy atom. The van der Waals surface area contributed by atoms with Gasteiger partial charge < -0.3 is 14.8 Å². The third-order valence-corrected chi connectivity index (χ3v) is 2.51. The maximum Gasteiger partial charge on any atom is 0.392 e. The van der Waals surface area contributed by atoms with Crippen molar-refractivity contribution < 1.29 is 31.8 Å². The highest BCUT2D eigenvalue weighted by Gasteiger charge is 2.27. The van der Waals surface area contributed by atoms with Gasteiger partial charge in [0, 0.05) is 6.07 Å². The molecule has 1 N–H and O–H groups in total. The number of carbonyl (C=O) groups excluding carboxylic acids is 1. The second-order valence-corrected chi connectivity index (χ2v) is 4.24. The van der Waals surface area contributed by atoms with Crippen molar-refractivity contribution in [3.8, 4) is 5.75 Å². The Balaban J connectivity index is 2.77. The van der Waals surface area contributed by atoms with Gasteiger partial charge in [-0.15, -0.1) is 0 Å². The number of ether oxygens (including phenoxy) is 2. The van der Waals surface area contributed by atoms with E-state index in [4.69, 9.17) is 4.74 Å². The van der Waals surface area contributed by atoms with Gasteiger partial charge in [-0.05, 0) is 19.1 Å². The molecule has 0 spiro atoms. The molecule has 0 aliphatic carbocycles. The van der Waals surface area contributed by atoms with E-state index in [0.29, 0.717) is 0 Å². The van der Waals surface area contributed by atoms with Crippen LogP contribution in [-0.2, 0) is 9.53 Å². The van der Waals surface area contributed by atoms with Crippen molar-refractivity contribution in [2.24, 2.45) is 0 Å². The van der Waals surface area contributed by atoms with Gasteiger partial charge >= 0.3 is 12.1 Å². The van der Waals surface area contributed by atoms with Crippen molar-refractivity contribution in [2.75, 3.05) is 19.0 Å². The van der Waals surface area contributed by atoms with Crippen LogP contribution in [0, 0.1) is 5.82 Å². The molecule has 0 heterocycles. The predicted molar refractivity (Wildman–Crippen MR) is 67.7 cm³/mol. The van der Waals surface area contributed by atoms with Gasteiger partial charge in [0.2, 0.25) is 0 Å². The molecule has 0 aromatic heterocycles. The summed E-state index contributed by atoms with van der Waals surface area (Å²) in [5, 5.41) is 2.69. The number of carbonyl (C=O) groups is 1. The van der Waals surface area contributed by atoms with Crippen LogP contribution in [0.3, 0.4) is 0 Å². The van der Waals surface area contributed by atoms with Crippen molar-refractivity contribution in [3.63, 3.8) is 0 Å². The fourth-order valence-electron chi connectivity index (χ4n) is 1.48. The molecular formula is C13H15F4NO3. The molecule has 0 aliphatic rings. The average molecular weight is 309 g/mol. The van der Waals surface area contributed by atoms with Crippen molar-refractivity contribution in [1.82, 2.24) is 0 Å².